The van der Waals surface area contributed by atoms with Crippen molar-refractivity contribution in [1.82, 2.24) is 5.32 Å². The number of nitrogens with one attached hydrogen (secondary N) is 1. The number of hydrogen-bond donors (Lipinski definition) is 1. The van der Waals surface area contributed by atoms with Gasteiger partial charge in [0.25, 0.3) is 0 Å². The van der Waals surface area contributed by atoms with Gasteiger partial charge in [-0.25, -0.2) is 0 Å². The molecule has 0 radical (unpaired) electrons. The maximum atomic E-state index is 11.3. The van der Waals surface area contributed by atoms with E-state index in [0.29, 0.717) is 6.61 Å². The van der Waals surface area contributed by atoms with Crippen molar-refractivity contribution >= 4 is 13.3 Å². The van der Waals surface area contributed by atoms with E-state index in [1.54, 1.807) is 6.92 Å². The lowest BCUT2D eigenvalue weighted by Crippen LogP contribution is -2.21. The van der Waals surface area contributed by atoms with Crippen molar-refractivity contribution in [1.29, 1.82) is 0 Å². The molecule has 0 rings (SSSR count). The minimum Gasteiger partial charge on any atom is -0.359 e. The highest BCUT2D eigenvalue weighted by atomic mass is 31.2. The van der Waals surface area contributed by atoms with Crippen molar-refractivity contribution in [2.45, 2.75) is 6.92 Å². The number of carbonyl (C=O) groups excluding carboxylic acids is 1. The molecule has 0 aliphatic rings. The van der Waals surface area contributed by atoms with Gasteiger partial charge in [0, 0.05) is 13.7 Å². The van der Waals surface area contributed by atoms with Crippen molar-refractivity contribution < 1.29 is 13.9 Å². The standard InChI is InChI=1S/C6H14NO3P/c1-4-10-11(3,9)5-6(8)7-2/h4-5H2,1-3H3,(H,7,8). The predicted molar refractivity (Wildman–Crippen MR) is 44.1 cm³/mol. The van der Waals surface area contributed by atoms with E-state index in [1.165, 1.54) is 13.7 Å². The van der Waals surface area contributed by atoms with Gasteiger partial charge in [0.2, 0.25) is 13.3 Å². The first-order chi connectivity index (χ1) is 5.02. The summed E-state index contributed by atoms with van der Waals surface area (Å²) in [5, 5.41) is 2.39. The molecule has 0 aliphatic heterocycles. The Morgan fingerprint density at radius 1 is 1.64 bits per heavy atom. The molecule has 0 saturated heterocycles. The molecule has 0 heterocycles. The van der Waals surface area contributed by atoms with Gasteiger partial charge in [-0.2, -0.15) is 0 Å². The first-order valence-electron chi connectivity index (χ1n) is 3.43. The Balaban J connectivity index is 3.91. The van der Waals surface area contributed by atoms with Crippen molar-refractivity contribution in [2.75, 3.05) is 26.5 Å². The van der Waals surface area contributed by atoms with Gasteiger partial charge in [0.05, 0.1) is 6.61 Å². The zero-order valence-corrected chi connectivity index (χ0v) is 7.98. The lowest BCUT2D eigenvalue weighted by atomic mass is 10.7. The summed E-state index contributed by atoms with van der Waals surface area (Å²) in [7, 11) is -1.17. The highest BCUT2D eigenvalue weighted by molar-refractivity contribution is 7.59. The Kier molecular flexibility index (Phi) is 4.38. The summed E-state index contributed by atoms with van der Waals surface area (Å²) >= 11 is 0. The number of rotatable bonds is 4. The van der Waals surface area contributed by atoms with Crippen LogP contribution >= 0.6 is 7.37 Å². The summed E-state index contributed by atoms with van der Waals surface area (Å²) in [5.41, 5.74) is 0. The van der Waals surface area contributed by atoms with Gasteiger partial charge in [0.15, 0.2) is 0 Å². The second-order valence-corrected chi connectivity index (χ2v) is 4.87. The predicted octanol–water partition coefficient (Wildman–Crippen LogP) is 0.677. The van der Waals surface area contributed by atoms with E-state index in [4.69, 9.17) is 4.52 Å². The average Bonchev–Trinajstić information content (AvgIpc) is 1.86. The molecule has 0 aromatic heterocycles. The van der Waals surface area contributed by atoms with Crippen LogP contribution in [0.1, 0.15) is 6.92 Å². The SMILES string of the molecule is CCOP(C)(=O)CC(=O)NC. The first-order valence-corrected chi connectivity index (χ1v) is 5.69. The largest absolute Gasteiger partial charge is 0.359 e. The molecule has 4 nitrogen and oxygen atoms in total. The molecule has 1 amide bonds. The summed E-state index contributed by atoms with van der Waals surface area (Å²) in [6.07, 6.45) is -0.0304. The molecule has 0 aromatic carbocycles. The summed E-state index contributed by atoms with van der Waals surface area (Å²) < 4.78 is 16.2. The number of hydrogen-bond acceptors (Lipinski definition) is 3. The summed E-state index contributed by atoms with van der Waals surface area (Å²) in [6, 6.07) is 0. The third kappa shape index (κ3) is 4.99. The Morgan fingerprint density at radius 2 is 2.18 bits per heavy atom. The molecule has 66 valence electrons. The third-order valence-corrected chi connectivity index (χ3v) is 2.78. The van der Waals surface area contributed by atoms with Crippen molar-refractivity contribution in [2.24, 2.45) is 0 Å². The molecule has 0 bridgehead atoms. The summed E-state index contributed by atoms with van der Waals surface area (Å²) in [5.74, 6) is -0.246. The van der Waals surface area contributed by atoms with Gasteiger partial charge in [0.1, 0.15) is 6.16 Å². The van der Waals surface area contributed by atoms with Crippen LogP contribution in [0.4, 0.5) is 0 Å². The maximum Gasteiger partial charge on any atom is 0.229 e. The van der Waals surface area contributed by atoms with Gasteiger partial charge >= 0.3 is 0 Å². The highest BCUT2D eigenvalue weighted by Gasteiger charge is 2.18. The van der Waals surface area contributed by atoms with Gasteiger partial charge < -0.3 is 9.84 Å². The molecule has 0 aromatic rings. The molecule has 1 unspecified atom stereocenters. The molecule has 11 heavy (non-hydrogen) atoms. The minimum absolute atomic E-state index is 0.0304. The van der Waals surface area contributed by atoms with E-state index in [9.17, 15) is 9.36 Å². The van der Waals surface area contributed by atoms with E-state index >= 15 is 0 Å². The molecule has 5 heteroatoms. The number of amides is 1. The van der Waals surface area contributed by atoms with Crippen molar-refractivity contribution in [3.63, 3.8) is 0 Å². The van der Waals surface area contributed by atoms with Gasteiger partial charge in [-0.15, -0.1) is 0 Å². The van der Waals surface area contributed by atoms with Crippen LogP contribution in [0.25, 0.3) is 0 Å². The monoisotopic (exact) mass is 179 g/mol. The van der Waals surface area contributed by atoms with Gasteiger partial charge in [-0.1, -0.05) is 0 Å². The van der Waals surface area contributed by atoms with Crippen LogP contribution < -0.4 is 5.32 Å². The lowest BCUT2D eigenvalue weighted by Gasteiger charge is -2.10. The Hall–Kier alpha value is -0.340. The van der Waals surface area contributed by atoms with Crippen LogP contribution in [0.2, 0.25) is 0 Å². The highest BCUT2D eigenvalue weighted by Crippen LogP contribution is 2.41. The van der Waals surface area contributed by atoms with Crippen LogP contribution in [0.5, 0.6) is 0 Å². The second kappa shape index (κ2) is 4.52. The van der Waals surface area contributed by atoms with Crippen molar-refractivity contribution in [3.8, 4) is 0 Å². The molecule has 1 N–H and O–H groups in total. The fourth-order valence-corrected chi connectivity index (χ4v) is 1.98. The topological polar surface area (TPSA) is 55.4 Å². The first kappa shape index (κ1) is 10.7. The van der Waals surface area contributed by atoms with E-state index in [0.717, 1.165) is 0 Å². The van der Waals surface area contributed by atoms with Crippen LogP contribution in [0, 0.1) is 0 Å². The lowest BCUT2D eigenvalue weighted by molar-refractivity contribution is -0.118. The summed E-state index contributed by atoms with van der Waals surface area (Å²) in [6.45, 7) is 3.59. The number of carbonyl (C=O) groups is 1. The molecule has 0 spiro atoms. The van der Waals surface area contributed by atoms with Crippen LogP contribution in [-0.2, 0) is 13.9 Å². The molecule has 0 saturated carbocycles. The molecule has 0 aliphatic carbocycles. The molecular formula is C6H14NO3P. The maximum absolute atomic E-state index is 11.3. The van der Waals surface area contributed by atoms with Crippen LogP contribution in [0.3, 0.4) is 0 Å². The molecular weight excluding hydrogens is 165 g/mol. The Bertz CT molecular complexity index is 181. The second-order valence-electron chi connectivity index (χ2n) is 2.26. The smallest absolute Gasteiger partial charge is 0.229 e. The zero-order valence-electron chi connectivity index (χ0n) is 7.09. The quantitative estimate of drug-likeness (QED) is 0.645. The zero-order chi connectivity index (χ0) is 8.91. The van der Waals surface area contributed by atoms with E-state index in [1.807, 2.05) is 0 Å². The average molecular weight is 179 g/mol. The fourth-order valence-electron chi connectivity index (χ4n) is 0.659. The fraction of sp³-hybridized carbons (Fsp3) is 0.833. The Labute approximate surface area is 66.8 Å². The summed E-state index contributed by atoms with van der Waals surface area (Å²) in [4.78, 5) is 10.7. The van der Waals surface area contributed by atoms with Gasteiger partial charge in [-0.3, -0.25) is 9.36 Å². The Morgan fingerprint density at radius 3 is 2.55 bits per heavy atom. The van der Waals surface area contributed by atoms with E-state index in [-0.39, 0.29) is 12.1 Å². The molecule has 0 fully saturated rings. The minimum atomic E-state index is -2.68. The van der Waals surface area contributed by atoms with E-state index < -0.39 is 7.37 Å². The third-order valence-electron chi connectivity index (χ3n) is 1.11. The molecule has 1 atom stereocenters. The van der Waals surface area contributed by atoms with E-state index in [2.05, 4.69) is 5.32 Å². The van der Waals surface area contributed by atoms with Gasteiger partial charge in [-0.05, 0) is 6.92 Å². The normalized spacial score (nSPS) is 15.5. The van der Waals surface area contributed by atoms with Crippen LogP contribution in [0.15, 0.2) is 0 Å². The van der Waals surface area contributed by atoms with Crippen LogP contribution in [-0.4, -0.2) is 32.4 Å². The van der Waals surface area contributed by atoms with Crippen molar-refractivity contribution in [3.05, 3.63) is 0 Å².